The van der Waals surface area contributed by atoms with Crippen LogP contribution in [0.5, 0.6) is 0 Å². The molecule has 108 valence electrons. The molecule has 20 heavy (non-hydrogen) atoms. The number of hydrogen-bond acceptors (Lipinski definition) is 2. The lowest BCUT2D eigenvalue weighted by molar-refractivity contribution is -0.140. The fraction of sp³-hybridized carbons (Fsp3) is 0.429. The summed E-state index contributed by atoms with van der Waals surface area (Å²) in [6.45, 7) is 1.86. The first-order valence-electron chi connectivity index (χ1n) is 6.35. The van der Waals surface area contributed by atoms with Gasteiger partial charge >= 0.3 is 5.97 Å². The lowest BCUT2D eigenvalue weighted by Gasteiger charge is -2.15. The van der Waals surface area contributed by atoms with Gasteiger partial charge in [-0.05, 0) is 37.5 Å². The van der Waals surface area contributed by atoms with Crippen molar-refractivity contribution >= 4 is 35.1 Å². The Hall–Kier alpha value is -1.26. The van der Waals surface area contributed by atoms with Crippen molar-refractivity contribution in [1.29, 1.82) is 0 Å². The van der Waals surface area contributed by atoms with Gasteiger partial charge in [-0.1, -0.05) is 29.3 Å². The van der Waals surface area contributed by atoms with Gasteiger partial charge in [0.15, 0.2) is 0 Å². The number of nitrogens with one attached hydrogen (secondary N) is 1. The lowest BCUT2D eigenvalue weighted by atomic mass is 10.1. The van der Waals surface area contributed by atoms with Crippen molar-refractivity contribution in [1.82, 2.24) is 5.32 Å². The summed E-state index contributed by atoms with van der Waals surface area (Å²) in [5.41, 5.74) is 0.898. The first-order chi connectivity index (χ1) is 9.38. The third-order valence-electron chi connectivity index (χ3n) is 3.37. The van der Waals surface area contributed by atoms with Crippen LogP contribution >= 0.6 is 23.2 Å². The molecule has 0 aliphatic heterocycles. The smallest absolute Gasteiger partial charge is 0.307 e. The van der Waals surface area contributed by atoms with Crippen LogP contribution in [-0.4, -0.2) is 23.0 Å². The predicted octanol–water partition coefficient (Wildman–Crippen LogP) is 2.76. The number of aliphatic carboxylic acids is 1. The second kappa shape index (κ2) is 6.02. The summed E-state index contributed by atoms with van der Waals surface area (Å²) >= 11 is 11.9. The van der Waals surface area contributed by atoms with Crippen molar-refractivity contribution in [3.05, 3.63) is 33.8 Å². The number of hydrogen-bond donors (Lipinski definition) is 2. The van der Waals surface area contributed by atoms with Gasteiger partial charge in [0.2, 0.25) is 5.91 Å². The van der Waals surface area contributed by atoms with E-state index in [1.54, 1.807) is 12.1 Å². The Morgan fingerprint density at radius 1 is 1.40 bits per heavy atom. The molecular weight excluding hydrogens is 301 g/mol. The van der Waals surface area contributed by atoms with Gasteiger partial charge in [0, 0.05) is 16.1 Å². The topological polar surface area (TPSA) is 66.4 Å². The van der Waals surface area contributed by atoms with Crippen molar-refractivity contribution < 1.29 is 14.7 Å². The molecule has 1 aromatic rings. The summed E-state index contributed by atoms with van der Waals surface area (Å²) in [5.74, 6) is -2.02. The van der Waals surface area contributed by atoms with Crippen LogP contribution in [0.1, 0.15) is 18.9 Å². The van der Waals surface area contributed by atoms with Crippen molar-refractivity contribution in [2.45, 2.75) is 25.8 Å². The molecule has 1 fully saturated rings. The molecule has 0 heterocycles. The van der Waals surface area contributed by atoms with Gasteiger partial charge in [0.1, 0.15) is 0 Å². The van der Waals surface area contributed by atoms with E-state index in [0.29, 0.717) is 22.9 Å². The monoisotopic (exact) mass is 315 g/mol. The van der Waals surface area contributed by atoms with E-state index in [9.17, 15) is 9.59 Å². The molecule has 2 N–H and O–H groups in total. The van der Waals surface area contributed by atoms with E-state index in [-0.39, 0.29) is 11.9 Å². The fourth-order valence-corrected chi connectivity index (χ4v) is 2.66. The van der Waals surface area contributed by atoms with Gasteiger partial charge in [0.25, 0.3) is 0 Å². The first kappa shape index (κ1) is 15.1. The second-order valence-corrected chi connectivity index (χ2v) is 5.98. The van der Waals surface area contributed by atoms with E-state index in [1.807, 2.05) is 13.0 Å². The quantitative estimate of drug-likeness (QED) is 0.878. The van der Waals surface area contributed by atoms with Gasteiger partial charge in [-0.15, -0.1) is 0 Å². The highest BCUT2D eigenvalue weighted by atomic mass is 35.5. The molecule has 1 aliphatic rings. The zero-order valence-corrected chi connectivity index (χ0v) is 12.4. The maximum absolute atomic E-state index is 11.8. The maximum atomic E-state index is 11.8. The van der Waals surface area contributed by atoms with Crippen LogP contribution in [0.3, 0.4) is 0 Å². The molecule has 6 heteroatoms. The lowest BCUT2D eigenvalue weighted by Crippen LogP contribution is -2.35. The van der Waals surface area contributed by atoms with Crippen LogP contribution in [0, 0.1) is 11.8 Å². The summed E-state index contributed by atoms with van der Waals surface area (Å²) in [4.78, 5) is 22.6. The highest BCUT2D eigenvalue weighted by Crippen LogP contribution is 2.38. The molecule has 1 aliphatic carbocycles. The third kappa shape index (κ3) is 3.64. The Morgan fingerprint density at radius 2 is 2.10 bits per heavy atom. The van der Waals surface area contributed by atoms with Crippen LogP contribution in [0.25, 0.3) is 0 Å². The number of carboxylic acid groups (broad SMARTS) is 1. The second-order valence-electron chi connectivity index (χ2n) is 5.14. The molecule has 0 bridgehead atoms. The van der Waals surface area contributed by atoms with Crippen molar-refractivity contribution in [3.63, 3.8) is 0 Å². The van der Waals surface area contributed by atoms with E-state index < -0.39 is 17.8 Å². The molecular formula is C14H15Cl2NO3. The SMILES string of the molecule is CC(Cc1ccc(Cl)cc1Cl)NC(=O)[C@@H]1C[C@@H]1C(=O)O. The van der Waals surface area contributed by atoms with E-state index in [1.165, 1.54) is 0 Å². The summed E-state index contributed by atoms with van der Waals surface area (Å²) in [6.07, 6.45) is 1.00. The van der Waals surface area contributed by atoms with Gasteiger partial charge in [-0.25, -0.2) is 0 Å². The number of carbonyl (C=O) groups excluding carboxylic acids is 1. The largest absolute Gasteiger partial charge is 0.481 e. The van der Waals surface area contributed by atoms with Gasteiger partial charge in [-0.2, -0.15) is 0 Å². The van der Waals surface area contributed by atoms with Crippen molar-refractivity contribution in [2.75, 3.05) is 0 Å². The number of amides is 1. The van der Waals surface area contributed by atoms with Crippen molar-refractivity contribution in [3.8, 4) is 0 Å². The Labute approximate surface area is 127 Å². The molecule has 0 saturated heterocycles. The standard InChI is InChI=1S/C14H15Cl2NO3/c1-7(4-8-2-3-9(15)5-12(8)16)17-13(18)10-6-11(10)14(19)20/h2-3,5,7,10-11H,4,6H2,1H3,(H,17,18)(H,19,20)/t7?,10-,11+/m1/s1. The highest BCUT2D eigenvalue weighted by molar-refractivity contribution is 6.35. The zero-order chi connectivity index (χ0) is 14.9. The fourth-order valence-electron chi connectivity index (χ4n) is 2.18. The minimum absolute atomic E-state index is 0.115. The molecule has 1 unspecified atom stereocenters. The Kier molecular flexibility index (Phi) is 4.55. The third-order valence-corrected chi connectivity index (χ3v) is 3.96. The molecule has 4 nitrogen and oxygen atoms in total. The Balaban J connectivity index is 1.88. The van der Waals surface area contributed by atoms with Crippen LogP contribution in [0.15, 0.2) is 18.2 Å². The molecule has 0 spiro atoms. The first-order valence-corrected chi connectivity index (χ1v) is 7.11. The highest BCUT2D eigenvalue weighted by Gasteiger charge is 2.48. The summed E-state index contributed by atoms with van der Waals surface area (Å²) in [5, 5.41) is 12.7. The maximum Gasteiger partial charge on any atom is 0.307 e. The summed E-state index contributed by atoms with van der Waals surface area (Å²) in [7, 11) is 0. The number of benzene rings is 1. The van der Waals surface area contributed by atoms with E-state index >= 15 is 0 Å². The van der Waals surface area contributed by atoms with Crippen molar-refractivity contribution in [2.24, 2.45) is 11.8 Å². The molecule has 0 aromatic heterocycles. The van der Waals surface area contributed by atoms with Gasteiger partial charge in [-0.3, -0.25) is 9.59 Å². The van der Waals surface area contributed by atoms with E-state index in [2.05, 4.69) is 5.32 Å². The molecule has 0 radical (unpaired) electrons. The molecule has 1 amide bonds. The number of rotatable bonds is 5. The molecule has 1 saturated carbocycles. The number of carboxylic acids is 1. The van der Waals surface area contributed by atoms with E-state index in [4.69, 9.17) is 28.3 Å². The van der Waals surface area contributed by atoms with Crippen LogP contribution < -0.4 is 5.32 Å². The van der Waals surface area contributed by atoms with E-state index in [0.717, 1.165) is 5.56 Å². The Bertz CT molecular complexity index is 547. The average molecular weight is 316 g/mol. The minimum Gasteiger partial charge on any atom is -0.481 e. The average Bonchev–Trinajstić information content (AvgIpc) is 3.13. The number of carbonyl (C=O) groups is 2. The minimum atomic E-state index is -0.904. The normalized spacial score (nSPS) is 22.1. The molecule has 2 rings (SSSR count). The molecule has 1 aromatic carbocycles. The zero-order valence-electron chi connectivity index (χ0n) is 10.9. The van der Waals surface area contributed by atoms with Gasteiger partial charge < -0.3 is 10.4 Å². The summed E-state index contributed by atoms with van der Waals surface area (Å²) in [6, 6.07) is 5.12. The number of halogens is 2. The Morgan fingerprint density at radius 3 is 2.65 bits per heavy atom. The van der Waals surface area contributed by atoms with Crippen LogP contribution in [0.2, 0.25) is 10.0 Å². The van der Waals surface area contributed by atoms with Crippen LogP contribution in [0.4, 0.5) is 0 Å². The van der Waals surface area contributed by atoms with Crippen LogP contribution in [-0.2, 0) is 16.0 Å². The predicted molar refractivity (Wildman–Crippen MR) is 77.0 cm³/mol. The van der Waals surface area contributed by atoms with Gasteiger partial charge in [0.05, 0.1) is 11.8 Å². The molecule has 3 atom stereocenters. The summed E-state index contributed by atoms with van der Waals surface area (Å²) < 4.78 is 0.